The summed E-state index contributed by atoms with van der Waals surface area (Å²) in [5, 5.41) is 2.53. The first-order valence-electron chi connectivity index (χ1n) is 8.62. The number of hydrogen-bond donors (Lipinski definition) is 0. The van der Waals surface area contributed by atoms with Crippen molar-refractivity contribution in [2.45, 2.75) is 44.9 Å². The molecule has 138 valence electrons. The van der Waals surface area contributed by atoms with Gasteiger partial charge in [0, 0.05) is 6.61 Å². The number of rotatable bonds is 5. The smallest absolute Gasteiger partial charge is 0.334 e. The molecule has 25 heavy (non-hydrogen) atoms. The number of esters is 1. The average Bonchev–Trinajstić information content (AvgIpc) is 2.84. The quantitative estimate of drug-likeness (QED) is 0.410. The highest BCUT2D eigenvalue weighted by Crippen LogP contribution is 2.38. The number of amides is 2. The molecule has 3 heterocycles. The van der Waals surface area contributed by atoms with Gasteiger partial charge >= 0.3 is 5.97 Å². The van der Waals surface area contributed by atoms with E-state index in [-0.39, 0.29) is 31.8 Å². The topological polar surface area (TPSA) is 85.4 Å². The van der Waals surface area contributed by atoms with Crippen molar-refractivity contribution in [1.82, 2.24) is 10.0 Å². The summed E-state index contributed by atoms with van der Waals surface area (Å²) in [7, 11) is 1.26. The number of fused-ring (bicyclic) bond motifs is 1. The lowest BCUT2D eigenvalue weighted by molar-refractivity contribution is -0.168. The van der Waals surface area contributed by atoms with Gasteiger partial charge in [-0.05, 0) is 32.6 Å². The maximum atomic E-state index is 12.9. The van der Waals surface area contributed by atoms with Crippen LogP contribution < -0.4 is 0 Å². The van der Waals surface area contributed by atoms with Crippen molar-refractivity contribution in [3.63, 3.8) is 0 Å². The van der Waals surface area contributed by atoms with Crippen molar-refractivity contribution in [3.8, 4) is 0 Å². The lowest BCUT2D eigenvalue weighted by Gasteiger charge is -2.33. The van der Waals surface area contributed by atoms with Gasteiger partial charge in [0.05, 0.1) is 20.3 Å². The fourth-order valence-corrected chi connectivity index (χ4v) is 3.41. The summed E-state index contributed by atoms with van der Waals surface area (Å²) < 4.78 is 15.9. The van der Waals surface area contributed by atoms with Gasteiger partial charge in [-0.2, -0.15) is 0 Å². The number of carbonyl (C=O) groups is 3. The summed E-state index contributed by atoms with van der Waals surface area (Å²) in [6.07, 6.45) is 6.16. The summed E-state index contributed by atoms with van der Waals surface area (Å²) in [4.78, 5) is 37.7. The Balaban J connectivity index is 1.68. The summed E-state index contributed by atoms with van der Waals surface area (Å²) in [6, 6.07) is -0.903. The largest absolute Gasteiger partial charge is 0.467 e. The Bertz CT molecular complexity index is 586. The van der Waals surface area contributed by atoms with Crippen molar-refractivity contribution in [3.05, 3.63) is 12.2 Å². The molecule has 8 nitrogen and oxygen atoms in total. The number of methoxy groups -OCH3 is 1. The molecule has 3 aliphatic heterocycles. The van der Waals surface area contributed by atoms with E-state index >= 15 is 0 Å². The molecule has 0 N–H and O–H groups in total. The van der Waals surface area contributed by atoms with Crippen LogP contribution in [-0.2, 0) is 28.6 Å². The first kappa shape index (κ1) is 17.9. The Kier molecular flexibility index (Phi) is 5.10. The second kappa shape index (κ2) is 7.13. The molecule has 3 unspecified atom stereocenters. The van der Waals surface area contributed by atoms with Crippen molar-refractivity contribution in [2.75, 3.05) is 26.9 Å². The average molecular weight is 352 g/mol. The van der Waals surface area contributed by atoms with Crippen molar-refractivity contribution < 1.29 is 28.6 Å². The molecule has 0 saturated carbocycles. The fourth-order valence-electron chi connectivity index (χ4n) is 3.41. The third-order valence-electron chi connectivity index (χ3n) is 4.99. The SMILES string of the molecule is COC(=O)C1C=CCN2C(=O)C(C)(CCOC3CCCCO3)C(=O)N12. The molecule has 2 fully saturated rings. The molecule has 3 atom stereocenters. The highest BCUT2D eigenvalue weighted by molar-refractivity contribution is 6.10. The molecule has 0 aromatic heterocycles. The zero-order valence-electron chi connectivity index (χ0n) is 14.6. The molecule has 2 amide bonds. The van der Waals surface area contributed by atoms with Gasteiger partial charge in [-0.3, -0.25) is 9.59 Å². The molecule has 0 bridgehead atoms. The van der Waals surface area contributed by atoms with Crippen LogP contribution >= 0.6 is 0 Å². The minimum absolute atomic E-state index is 0.241. The lowest BCUT2D eigenvalue weighted by Crippen LogP contribution is -2.52. The van der Waals surface area contributed by atoms with E-state index in [1.54, 1.807) is 19.1 Å². The zero-order chi connectivity index (χ0) is 18.0. The minimum Gasteiger partial charge on any atom is -0.467 e. The summed E-state index contributed by atoms with van der Waals surface area (Å²) in [5.41, 5.74) is -1.24. The maximum Gasteiger partial charge on any atom is 0.334 e. The van der Waals surface area contributed by atoms with Gasteiger partial charge < -0.3 is 14.2 Å². The van der Waals surface area contributed by atoms with Crippen LogP contribution in [0.2, 0.25) is 0 Å². The van der Waals surface area contributed by atoms with Crippen molar-refractivity contribution in [2.24, 2.45) is 5.41 Å². The van der Waals surface area contributed by atoms with E-state index in [0.29, 0.717) is 6.61 Å². The first-order chi connectivity index (χ1) is 12.0. The second-order valence-electron chi connectivity index (χ2n) is 6.68. The summed E-state index contributed by atoms with van der Waals surface area (Å²) in [5.74, 6) is -1.28. The molecule has 0 aliphatic carbocycles. The van der Waals surface area contributed by atoms with E-state index in [4.69, 9.17) is 14.2 Å². The molecule has 0 radical (unpaired) electrons. The van der Waals surface area contributed by atoms with Gasteiger partial charge in [0.25, 0.3) is 11.8 Å². The minimum atomic E-state index is -1.24. The van der Waals surface area contributed by atoms with Gasteiger partial charge in [-0.15, -0.1) is 0 Å². The molecule has 0 spiro atoms. The number of hydrazine groups is 1. The molecule has 2 saturated heterocycles. The Hall–Kier alpha value is -1.93. The van der Waals surface area contributed by atoms with Crippen molar-refractivity contribution >= 4 is 17.8 Å². The Morgan fingerprint density at radius 1 is 1.36 bits per heavy atom. The van der Waals surface area contributed by atoms with Crippen LogP contribution in [-0.4, -0.2) is 67.0 Å². The molecular formula is C17H24N2O6. The lowest BCUT2D eigenvalue weighted by atomic mass is 9.86. The number of carbonyl (C=O) groups excluding carboxylic acids is 3. The fraction of sp³-hybridized carbons (Fsp3) is 0.706. The third-order valence-corrected chi connectivity index (χ3v) is 4.99. The van der Waals surface area contributed by atoms with Crippen LogP contribution in [0.4, 0.5) is 0 Å². The molecule has 8 heteroatoms. The second-order valence-corrected chi connectivity index (χ2v) is 6.68. The van der Waals surface area contributed by atoms with Gasteiger partial charge in [-0.1, -0.05) is 12.2 Å². The third kappa shape index (κ3) is 3.16. The maximum absolute atomic E-state index is 12.9. The van der Waals surface area contributed by atoms with Crippen LogP contribution in [0.5, 0.6) is 0 Å². The van der Waals surface area contributed by atoms with Crippen LogP contribution in [0.3, 0.4) is 0 Å². The van der Waals surface area contributed by atoms with Crippen molar-refractivity contribution in [1.29, 1.82) is 0 Å². The molecular weight excluding hydrogens is 328 g/mol. The van der Waals surface area contributed by atoms with E-state index in [1.807, 2.05) is 0 Å². The first-order valence-corrected chi connectivity index (χ1v) is 8.62. The monoisotopic (exact) mass is 352 g/mol. The zero-order valence-corrected chi connectivity index (χ0v) is 14.6. The standard InChI is InChI=1S/C17H24N2O6/c1-17(8-11-25-13-7-3-4-10-24-13)15(21)18-9-5-6-12(14(20)23-2)19(18)16(17)22/h5-6,12-13H,3-4,7-11H2,1-2H3. The van der Waals surface area contributed by atoms with E-state index in [2.05, 4.69) is 0 Å². The molecule has 3 rings (SSSR count). The predicted octanol–water partition coefficient (Wildman–Crippen LogP) is 0.623. The summed E-state index contributed by atoms with van der Waals surface area (Å²) in [6.45, 7) is 2.79. The Morgan fingerprint density at radius 3 is 2.84 bits per heavy atom. The number of nitrogens with zero attached hydrogens (tertiary/aromatic N) is 2. The normalized spacial score (nSPS) is 32.1. The van der Waals surface area contributed by atoms with Crippen LogP contribution in [0.1, 0.15) is 32.6 Å². The molecule has 3 aliphatic rings. The molecule has 0 aromatic carbocycles. The van der Waals surface area contributed by atoms with Gasteiger partial charge in [0.1, 0.15) is 5.41 Å². The van der Waals surface area contributed by atoms with E-state index in [1.165, 1.54) is 17.1 Å². The van der Waals surface area contributed by atoms with Crippen LogP contribution in [0.15, 0.2) is 12.2 Å². The van der Waals surface area contributed by atoms with E-state index in [0.717, 1.165) is 19.3 Å². The predicted molar refractivity (Wildman–Crippen MR) is 85.8 cm³/mol. The summed E-state index contributed by atoms with van der Waals surface area (Å²) >= 11 is 0. The van der Waals surface area contributed by atoms with Crippen LogP contribution in [0.25, 0.3) is 0 Å². The Morgan fingerprint density at radius 2 is 2.16 bits per heavy atom. The highest BCUT2D eigenvalue weighted by atomic mass is 16.7. The number of ether oxygens (including phenoxy) is 3. The van der Waals surface area contributed by atoms with Gasteiger partial charge in [0.2, 0.25) is 0 Å². The van der Waals surface area contributed by atoms with E-state index < -0.39 is 23.3 Å². The number of hydrogen-bond acceptors (Lipinski definition) is 6. The highest BCUT2D eigenvalue weighted by Gasteiger charge is 2.58. The molecule has 0 aromatic rings. The van der Waals surface area contributed by atoms with E-state index in [9.17, 15) is 14.4 Å². The van der Waals surface area contributed by atoms with Gasteiger partial charge in [0.15, 0.2) is 12.3 Å². The Labute approximate surface area is 146 Å². The van der Waals surface area contributed by atoms with Crippen LogP contribution in [0, 0.1) is 5.41 Å². The van der Waals surface area contributed by atoms with Gasteiger partial charge in [-0.25, -0.2) is 14.8 Å².